The number of carbonyl (C=O) groups excluding carboxylic acids is 2. The summed E-state index contributed by atoms with van der Waals surface area (Å²) in [6.07, 6.45) is 0.357. The van der Waals surface area contributed by atoms with Crippen LogP contribution < -0.4 is 10.6 Å². The average Bonchev–Trinajstić information content (AvgIpc) is 2.67. The van der Waals surface area contributed by atoms with Gasteiger partial charge in [-0.2, -0.15) is 0 Å². The Bertz CT molecular complexity index is 479. The molecule has 1 aliphatic heterocycles. The molecule has 1 saturated heterocycles. The van der Waals surface area contributed by atoms with Gasteiger partial charge in [0.25, 0.3) is 5.91 Å². The maximum atomic E-state index is 12.0. The zero-order chi connectivity index (χ0) is 12.4. The number of halogens is 2. The van der Waals surface area contributed by atoms with E-state index in [2.05, 4.69) is 49.2 Å². The van der Waals surface area contributed by atoms with Crippen molar-refractivity contribution in [2.24, 2.45) is 0 Å². The van der Waals surface area contributed by atoms with E-state index < -0.39 is 0 Å². The fraction of sp³-hybridized carbons (Fsp3) is 0.273. The maximum absolute atomic E-state index is 12.0. The van der Waals surface area contributed by atoms with E-state index in [0.717, 1.165) is 8.04 Å². The highest BCUT2D eigenvalue weighted by Crippen LogP contribution is 2.18. The van der Waals surface area contributed by atoms with E-state index in [1.165, 1.54) is 0 Å². The minimum absolute atomic E-state index is 0.0146. The van der Waals surface area contributed by atoms with Crippen LogP contribution in [0.15, 0.2) is 22.7 Å². The van der Waals surface area contributed by atoms with Crippen molar-refractivity contribution in [1.82, 2.24) is 10.6 Å². The van der Waals surface area contributed by atoms with Gasteiger partial charge in [-0.15, -0.1) is 0 Å². The number of rotatable bonds is 2. The lowest BCUT2D eigenvalue weighted by Gasteiger charge is -2.11. The molecule has 1 aromatic carbocycles. The summed E-state index contributed by atoms with van der Waals surface area (Å²) in [5, 5.41) is 5.53. The lowest BCUT2D eigenvalue weighted by Crippen LogP contribution is -2.36. The molecule has 6 heteroatoms. The molecular weight excluding hydrogens is 399 g/mol. The van der Waals surface area contributed by atoms with Crippen LogP contribution in [0.25, 0.3) is 0 Å². The van der Waals surface area contributed by atoms with Crippen molar-refractivity contribution in [3.05, 3.63) is 31.8 Å². The number of nitrogens with one attached hydrogen (secondary N) is 2. The third-order valence-electron chi connectivity index (χ3n) is 2.49. The molecule has 0 spiro atoms. The Hall–Kier alpha value is -0.630. The minimum atomic E-state index is -0.141. The van der Waals surface area contributed by atoms with Gasteiger partial charge in [0.1, 0.15) is 0 Å². The second-order valence-corrected chi connectivity index (χ2v) is 5.88. The molecule has 1 aliphatic rings. The number of benzene rings is 1. The third kappa shape index (κ3) is 3.19. The number of amides is 2. The standard InChI is InChI=1S/C11H10BrIN2O2/c12-6-1-2-9(13)8(3-6)11(17)15-7-4-10(16)14-5-7/h1-3,7H,4-5H2,(H,14,16)(H,15,17). The van der Waals surface area contributed by atoms with Crippen LogP contribution in [-0.2, 0) is 4.79 Å². The topological polar surface area (TPSA) is 58.2 Å². The quantitative estimate of drug-likeness (QED) is 0.731. The number of hydrogen-bond donors (Lipinski definition) is 2. The first-order chi connectivity index (χ1) is 8.06. The van der Waals surface area contributed by atoms with Gasteiger partial charge in [-0.3, -0.25) is 9.59 Å². The van der Waals surface area contributed by atoms with E-state index in [1.54, 1.807) is 6.07 Å². The Morgan fingerprint density at radius 1 is 1.53 bits per heavy atom. The van der Waals surface area contributed by atoms with Crippen LogP contribution in [0.1, 0.15) is 16.8 Å². The van der Waals surface area contributed by atoms with Crippen LogP contribution in [-0.4, -0.2) is 24.4 Å². The smallest absolute Gasteiger partial charge is 0.252 e. The third-order valence-corrected chi connectivity index (χ3v) is 3.92. The summed E-state index contributed by atoms with van der Waals surface area (Å²) < 4.78 is 1.75. The highest BCUT2D eigenvalue weighted by Gasteiger charge is 2.23. The molecule has 0 aromatic heterocycles. The van der Waals surface area contributed by atoms with Crippen LogP contribution in [0.4, 0.5) is 0 Å². The van der Waals surface area contributed by atoms with E-state index in [4.69, 9.17) is 0 Å². The fourth-order valence-electron chi connectivity index (χ4n) is 1.64. The van der Waals surface area contributed by atoms with Gasteiger partial charge in [-0.05, 0) is 40.8 Å². The molecule has 0 saturated carbocycles. The Kier molecular flexibility index (Phi) is 4.03. The molecule has 1 atom stereocenters. The van der Waals surface area contributed by atoms with Gasteiger partial charge in [0.15, 0.2) is 0 Å². The summed E-state index contributed by atoms with van der Waals surface area (Å²) in [6.45, 7) is 0.509. The van der Waals surface area contributed by atoms with Crippen molar-refractivity contribution in [2.45, 2.75) is 12.5 Å². The van der Waals surface area contributed by atoms with Crippen LogP contribution >= 0.6 is 38.5 Å². The zero-order valence-electron chi connectivity index (χ0n) is 8.80. The number of carbonyl (C=O) groups is 2. The molecule has 17 heavy (non-hydrogen) atoms. The zero-order valence-corrected chi connectivity index (χ0v) is 12.5. The molecule has 4 nitrogen and oxygen atoms in total. The summed E-state index contributed by atoms with van der Waals surface area (Å²) in [5.41, 5.74) is 0.624. The van der Waals surface area contributed by atoms with Gasteiger partial charge in [0.05, 0.1) is 11.6 Å². The molecule has 1 fully saturated rings. The first-order valence-corrected chi connectivity index (χ1v) is 6.96. The van der Waals surface area contributed by atoms with E-state index in [9.17, 15) is 9.59 Å². The molecule has 0 bridgehead atoms. The summed E-state index contributed by atoms with van der Waals surface area (Å²) in [7, 11) is 0. The predicted molar refractivity (Wildman–Crippen MR) is 75.7 cm³/mol. The molecular formula is C11H10BrIN2O2. The van der Waals surface area contributed by atoms with Crippen molar-refractivity contribution in [1.29, 1.82) is 0 Å². The second-order valence-electron chi connectivity index (χ2n) is 3.80. The molecule has 2 N–H and O–H groups in total. The molecule has 90 valence electrons. The van der Waals surface area contributed by atoms with Crippen molar-refractivity contribution in [2.75, 3.05) is 6.54 Å². The predicted octanol–water partition coefficient (Wildman–Crippen LogP) is 1.67. The van der Waals surface area contributed by atoms with Crippen LogP contribution in [0.3, 0.4) is 0 Å². The van der Waals surface area contributed by atoms with E-state index in [-0.39, 0.29) is 17.9 Å². The molecule has 1 heterocycles. The number of hydrogen-bond acceptors (Lipinski definition) is 2. The van der Waals surface area contributed by atoms with E-state index >= 15 is 0 Å². The minimum Gasteiger partial charge on any atom is -0.354 e. The summed E-state index contributed by atoms with van der Waals surface area (Å²) in [4.78, 5) is 23.0. The lowest BCUT2D eigenvalue weighted by molar-refractivity contribution is -0.119. The molecule has 2 rings (SSSR count). The summed E-state index contributed by atoms with van der Waals surface area (Å²) in [5.74, 6) is -0.156. The second kappa shape index (κ2) is 5.34. The Balaban J connectivity index is 2.09. The van der Waals surface area contributed by atoms with Gasteiger partial charge in [-0.25, -0.2) is 0 Å². The van der Waals surface area contributed by atoms with Gasteiger partial charge in [-0.1, -0.05) is 15.9 Å². The Labute approximate surface area is 121 Å². The molecule has 1 aromatic rings. The SMILES string of the molecule is O=C1CC(NC(=O)c2cc(Br)ccc2I)CN1. The van der Waals surface area contributed by atoms with Crippen LogP contribution in [0.2, 0.25) is 0 Å². The normalized spacial score (nSPS) is 18.9. The van der Waals surface area contributed by atoms with Gasteiger partial charge < -0.3 is 10.6 Å². The first-order valence-electron chi connectivity index (χ1n) is 5.09. The Morgan fingerprint density at radius 3 is 2.94 bits per heavy atom. The molecule has 0 radical (unpaired) electrons. The highest BCUT2D eigenvalue weighted by molar-refractivity contribution is 14.1. The lowest BCUT2D eigenvalue weighted by atomic mass is 10.2. The van der Waals surface area contributed by atoms with Gasteiger partial charge in [0, 0.05) is 21.0 Å². The highest BCUT2D eigenvalue weighted by atomic mass is 127. The summed E-state index contributed by atoms with van der Waals surface area (Å²) in [6, 6.07) is 5.43. The van der Waals surface area contributed by atoms with Crippen molar-refractivity contribution >= 4 is 50.3 Å². The largest absolute Gasteiger partial charge is 0.354 e. The van der Waals surface area contributed by atoms with E-state index in [1.807, 2.05) is 12.1 Å². The van der Waals surface area contributed by atoms with Crippen molar-refractivity contribution in [3.8, 4) is 0 Å². The van der Waals surface area contributed by atoms with Crippen molar-refractivity contribution in [3.63, 3.8) is 0 Å². The summed E-state index contributed by atoms with van der Waals surface area (Å²) >= 11 is 5.46. The maximum Gasteiger partial charge on any atom is 0.252 e. The molecule has 1 unspecified atom stereocenters. The van der Waals surface area contributed by atoms with Gasteiger partial charge >= 0.3 is 0 Å². The monoisotopic (exact) mass is 408 g/mol. The fourth-order valence-corrected chi connectivity index (χ4v) is 2.58. The first kappa shape index (κ1) is 12.8. The van der Waals surface area contributed by atoms with Crippen molar-refractivity contribution < 1.29 is 9.59 Å². The Morgan fingerprint density at radius 2 is 2.29 bits per heavy atom. The molecule has 0 aliphatic carbocycles. The van der Waals surface area contributed by atoms with E-state index in [0.29, 0.717) is 18.5 Å². The average molecular weight is 409 g/mol. The van der Waals surface area contributed by atoms with Crippen LogP contribution in [0, 0.1) is 3.57 Å². The molecule has 2 amide bonds. The van der Waals surface area contributed by atoms with Crippen LogP contribution in [0.5, 0.6) is 0 Å². The van der Waals surface area contributed by atoms with Gasteiger partial charge in [0.2, 0.25) is 5.91 Å².